The van der Waals surface area contributed by atoms with Crippen LogP contribution in [0.5, 0.6) is 0 Å². The van der Waals surface area contributed by atoms with Crippen molar-refractivity contribution in [2.24, 2.45) is 0 Å². The molecule has 0 aliphatic carbocycles. The number of rotatable bonds is 5. The third-order valence-electron chi connectivity index (χ3n) is 3.25. The second kappa shape index (κ2) is 6.68. The largest absolute Gasteiger partial charge is 0.301 e. The lowest BCUT2D eigenvalue weighted by atomic mass is 10.1. The number of hydrogen-bond acceptors (Lipinski definition) is 4. The van der Waals surface area contributed by atoms with E-state index in [1.54, 1.807) is 22.7 Å². The molecule has 0 radical (unpaired) electrons. The van der Waals surface area contributed by atoms with Gasteiger partial charge in [0.1, 0.15) is 0 Å². The Morgan fingerprint density at radius 1 is 0.952 bits per heavy atom. The molecule has 0 atom stereocenters. The zero-order chi connectivity index (χ0) is 14.5. The van der Waals surface area contributed by atoms with Gasteiger partial charge in [-0.05, 0) is 40.6 Å². The SMILES string of the molecule is N#Cc1ccc(CNC(c2cccs2)c2cccs2)cc1. The Morgan fingerprint density at radius 3 is 2.05 bits per heavy atom. The van der Waals surface area contributed by atoms with E-state index in [9.17, 15) is 0 Å². The van der Waals surface area contributed by atoms with Crippen LogP contribution in [0.3, 0.4) is 0 Å². The number of thiophene rings is 2. The van der Waals surface area contributed by atoms with Crippen LogP contribution < -0.4 is 5.32 Å². The van der Waals surface area contributed by atoms with Gasteiger partial charge in [0, 0.05) is 16.3 Å². The van der Waals surface area contributed by atoms with Gasteiger partial charge in [-0.25, -0.2) is 0 Å². The zero-order valence-electron chi connectivity index (χ0n) is 11.3. The average Bonchev–Trinajstić information content (AvgIpc) is 3.22. The Bertz CT molecular complexity index is 673. The fourth-order valence-corrected chi connectivity index (χ4v) is 3.88. The molecule has 2 nitrogen and oxygen atoms in total. The van der Waals surface area contributed by atoms with Crippen LogP contribution in [0.25, 0.3) is 0 Å². The maximum atomic E-state index is 8.83. The third kappa shape index (κ3) is 3.40. The van der Waals surface area contributed by atoms with Crippen LogP contribution in [-0.4, -0.2) is 0 Å². The van der Waals surface area contributed by atoms with Crippen LogP contribution in [0.1, 0.15) is 26.9 Å². The highest BCUT2D eigenvalue weighted by Gasteiger charge is 2.15. The van der Waals surface area contributed by atoms with E-state index >= 15 is 0 Å². The maximum absolute atomic E-state index is 8.83. The van der Waals surface area contributed by atoms with Crippen LogP contribution in [0.15, 0.2) is 59.3 Å². The predicted octanol–water partition coefficient (Wildman–Crippen LogP) is 4.56. The van der Waals surface area contributed by atoms with Gasteiger partial charge >= 0.3 is 0 Å². The molecule has 21 heavy (non-hydrogen) atoms. The molecule has 0 saturated carbocycles. The molecule has 0 saturated heterocycles. The molecule has 0 amide bonds. The zero-order valence-corrected chi connectivity index (χ0v) is 13.0. The molecular weight excluding hydrogens is 296 g/mol. The summed E-state index contributed by atoms with van der Waals surface area (Å²) in [4.78, 5) is 2.65. The van der Waals surface area contributed by atoms with E-state index < -0.39 is 0 Å². The molecule has 3 rings (SSSR count). The molecule has 104 valence electrons. The summed E-state index contributed by atoms with van der Waals surface area (Å²) >= 11 is 3.54. The maximum Gasteiger partial charge on any atom is 0.0991 e. The molecule has 0 spiro atoms. The molecule has 0 bridgehead atoms. The van der Waals surface area contributed by atoms with Crippen molar-refractivity contribution >= 4 is 22.7 Å². The molecule has 0 unspecified atom stereocenters. The summed E-state index contributed by atoms with van der Waals surface area (Å²) in [5.74, 6) is 0. The molecule has 2 aromatic heterocycles. The highest BCUT2D eigenvalue weighted by Crippen LogP contribution is 2.29. The van der Waals surface area contributed by atoms with E-state index in [1.807, 2.05) is 24.3 Å². The van der Waals surface area contributed by atoms with Gasteiger partial charge < -0.3 is 5.32 Å². The molecule has 1 N–H and O–H groups in total. The van der Waals surface area contributed by atoms with Crippen LogP contribution in [0, 0.1) is 11.3 Å². The van der Waals surface area contributed by atoms with E-state index in [1.165, 1.54) is 15.3 Å². The molecular formula is C17H14N2S2. The lowest BCUT2D eigenvalue weighted by Crippen LogP contribution is -2.20. The summed E-state index contributed by atoms with van der Waals surface area (Å²) in [6.07, 6.45) is 0. The van der Waals surface area contributed by atoms with Crippen LogP contribution in [-0.2, 0) is 6.54 Å². The van der Waals surface area contributed by atoms with Crippen molar-refractivity contribution in [3.05, 3.63) is 80.2 Å². The molecule has 4 heteroatoms. The van der Waals surface area contributed by atoms with Crippen molar-refractivity contribution in [3.63, 3.8) is 0 Å². The lowest BCUT2D eigenvalue weighted by Gasteiger charge is -2.16. The summed E-state index contributed by atoms with van der Waals surface area (Å²) < 4.78 is 0. The van der Waals surface area contributed by atoms with Crippen LogP contribution >= 0.6 is 22.7 Å². The second-order valence-electron chi connectivity index (χ2n) is 4.65. The van der Waals surface area contributed by atoms with Crippen molar-refractivity contribution in [1.82, 2.24) is 5.32 Å². The molecule has 1 aromatic carbocycles. The number of nitrogens with zero attached hydrogens (tertiary/aromatic N) is 1. The molecule has 0 fully saturated rings. The first-order chi connectivity index (χ1) is 10.4. The van der Waals surface area contributed by atoms with Crippen LogP contribution in [0.2, 0.25) is 0 Å². The minimum Gasteiger partial charge on any atom is -0.301 e. The van der Waals surface area contributed by atoms with Crippen molar-refractivity contribution in [3.8, 4) is 6.07 Å². The quantitative estimate of drug-likeness (QED) is 0.750. The Hall–Kier alpha value is -1.93. The number of hydrogen-bond donors (Lipinski definition) is 1. The van der Waals surface area contributed by atoms with Gasteiger partial charge in [0.2, 0.25) is 0 Å². The van der Waals surface area contributed by atoms with E-state index in [0.717, 1.165) is 6.54 Å². The Kier molecular flexibility index (Phi) is 4.46. The first kappa shape index (κ1) is 14.0. The van der Waals surface area contributed by atoms with Crippen molar-refractivity contribution in [2.75, 3.05) is 0 Å². The summed E-state index contributed by atoms with van der Waals surface area (Å²) in [5.41, 5.74) is 1.89. The van der Waals surface area contributed by atoms with Gasteiger partial charge in [0.25, 0.3) is 0 Å². The minimum atomic E-state index is 0.237. The van der Waals surface area contributed by atoms with E-state index in [2.05, 4.69) is 46.4 Å². The van der Waals surface area contributed by atoms with E-state index in [4.69, 9.17) is 5.26 Å². The first-order valence-electron chi connectivity index (χ1n) is 6.66. The summed E-state index contributed by atoms with van der Waals surface area (Å²) in [7, 11) is 0. The summed E-state index contributed by atoms with van der Waals surface area (Å²) in [6.45, 7) is 0.784. The van der Waals surface area contributed by atoms with Gasteiger partial charge in [-0.1, -0.05) is 24.3 Å². The van der Waals surface area contributed by atoms with Crippen molar-refractivity contribution in [1.29, 1.82) is 5.26 Å². The van der Waals surface area contributed by atoms with Gasteiger partial charge in [0.05, 0.1) is 17.7 Å². The van der Waals surface area contributed by atoms with Crippen molar-refractivity contribution < 1.29 is 0 Å². The van der Waals surface area contributed by atoms with Gasteiger partial charge in [0.15, 0.2) is 0 Å². The fraction of sp³-hybridized carbons (Fsp3) is 0.118. The number of nitrogens with one attached hydrogen (secondary N) is 1. The third-order valence-corrected chi connectivity index (χ3v) is 5.12. The normalized spacial score (nSPS) is 10.7. The fourth-order valence-electron chi connectivity index (χ4n) is 2.17. The number of benzene rings is 1. The smallest absolute Gasteiger partial charge is 0.0991 e. The van der Waals surface area contributed by atoms with Gasteiger partial charge in [-0.2, -0.15) is 5.26 Å². The Labute approximate surface area is 132 Å². The summed E-state index contributed by atoms with van der Waals surface area (Å²) in [6, 6.07) is 18.6. The topological polar surface area (TPSA) is 35.8 Å². The second-order valence-corrected chi connectivity index (χ2v) is 6.61. The predicted molar refractivity (Wildman–Crippen MR) is 88.5 cm³/mol. The Balaban J connectivity index is 1.75. The monoisotopic (exact) mass is 310 g/mol. The standard InChI is InChI=1S/C17H14N2S2/c18-11-13-5-7-14(8-6-13)12-19-17(15-3-1-9-20-15)16-4-2-10-21-16/h1-10,17,19H,12H2. The summed E-state index contributed by atoms with van der Waals surface area (Å²) in [5, 5.41) is 16.7. The average molecular weight is 310 g/mol. The molecule has 0 aliphatic rings. The minimum absolute atomic E-state index is 0.237. The van der Waals surface area contributed by atoms with Crippen molar-refractivity contribution in [2.45, 2.75) is 12.6 Å². The highest BCUT2D eigenvalue weighted by atomic mass is 32.1. The van der Waals surface area contributed by atoms with E-state index in [-0.39, 0.29) is 6.04 Å². The van der Waals surface area contributed by atoms with Gasteiger partial charge in [-0.3, -0.25) is 0 Å². The van der Waals surface area contributed by atoms with E-state index in [0.29, 0.717) is 5.56 Å². The molecule has 0 aliphatic heterocycles. The number of nitriles is 1. The molecule has 2 heterocycles. The highest BCUT2D eigenvalue weighted by molar-refractivity contribution is 7.11. The molecule has 3 aromatic rings. The first-order valence-corrected chi connectivity index (χ1v) is 8.42. The van der Waals surface area contributed by atoms with Gasteiger partial charge in [-0.15, -0.1) is 22.7 Å². The lowest BCUT2D eigenvalue weighted by molar-refractivity contribution is 0.621. The van der Waals surface area contributed by atoms with Crippen LogP contribution in [0.4, 0.5) is 0 Å². The Morgan fingerprint density at radius 2 is 1.57 bits per heavy atom.